The monoisotopic (exact) mass is 387 g/mol. The Bertz CT molecular complexity index is 1020. The average molecular weight is 387 g/mol. The van der Waals surface area contributed by atoms with E-state index in [1.54, 1.807) is 4.90 Å². The van der Waals surface area contributed by atoms with Crippen LogP contribution in [0.4, 0.5) is 4.79 Å². The maximum Gasteiger partial charge on any atom is 0.408 e. The molecule has 0 radical (unpaired) electrons. The normalized spacial score (nSPS) is 19.8. The molecule has 1 N–H and O–H groups in total. The van der Waals surface area contributed by atoms with E-state index in [1.165, 1.54) is 5.56 Å². The average Bonchev–Trinajstić information content (AvgIpc) is 3.22. The molecule has 29 heavy (non-hydrogen) atoms. The number of benzene rings is 3. The summed E-state index contributed by atoms with van der Waals surface area (Å²) in [6, 6.07) is 21.6. The van der Waals surface area contributed by atoms with E-state index in [1.807, 2.05) is 55.5 Å². The van der Waals surface area contributed by atoms with Crippen LogP contribution in [-0.4, -0.2) is 28.4 Å². The van der Waals surface area contributed by atoms with E-state index in [2.05, 4.69) is 18.2 Å². The fourth-order valence-corrected chi connectivity index (χ4v) is 4.76. The van der Waals surface area contributed by atoms with Crippen molar-refractivity contribution < 1.29 is 14.7 Å². The molecular formula is C25H25NO3. The summed E-state index contributed by atoms with van der Waals surface area (Å²) in [6.07, 6.45) is 2.59. The lowest BCUT2D eigenvalue weighted by atomic mass is 9.95. The second-order valence-corrected chi connectivity index (χ2v) is 7.88. The van der Waals surface area contributed by atoms with Crippen LogP contribution in [0.5, 0.6) is 0 Å². The van der Waals surface area contributed by atoms with E-state index in [4.69, 9.17) is 0 Å². The number of carbonyl (C=O) groups is 2. The van der Waals surface area contributed by atoms with E-state index in [0.29, 0.717) is 11.5 Å². The van der Waals surface area contributed by atoms with E-state index in [9.17, 15) is 14.7 Å². The van der Waals surface area contributed by atoms with Crippen molar-refractivity contribution in [3.8, 4) is 0 Å². The highest BCUT2D eigenvalue weighted by atomic mass is 16.4. The maximum absolute atomic E-state index is 12.3. The van der Waals surface area contributed by atoms with E-state index < -0.39 is 6.09 Å². The molecule has 0 spiro atoms. The van der Waals surface area contributed by atoms with Crippen molar-refractivity contribution in [2.45, 2.75) is 44.2 Å². The van der Waals surface area contributed by atoms with Gasteiger partial charge in [0.15, 0.2) is 0 Å². The fourth-order valence-electron chi connectivity index (χ4n) is 4.76. The third-order valence-corrected chi connectivity index (χ3v) is 6.25. The summed E-state index contributed by atoms with van der Waals surface area (Å²) in [7, 11) is 0. The number of hydrogen-bond donors (Lipinski definition) is 1. The van der Waals surface area contributed by atoms with E-state index in [0.717, 1.165) is 41.9 Å². The smallest absolute Gasteiger partial charge is 0.408 e. The maximum atomic E-state index is 12.3. The number of amides is 1. The number of rotatable bonds is 5. The first kappa shape index (κ1) is 19.2. The van der Waals surface area contributed by atoms with Gasteiger partial charge in [-0.25, -0.2) is 4.79 Å². The minimum Gasteiger partial charge on any atom is -0.465 e. The fraction of sp³-hybridized carbons (Fsp3) is 0.280. The molecule has 0 aromatic heterocycles. The molecular weight excluding hydrogens is 362 g/mol. The molecule has 1 amide bonds. The van der Waals surface area contributed by atoms with Crippen molar-refractivity contribution in [3.63, 3.8) is 0 Å². The highest BCUT2D eigenvalue weighted by Gasteiger charge is 2.36. The van der Waals surface area contributed by atoms with Crippen LogP contribution in [0.25, 0.3) is 10.8 Å². The van der Waals surface area contributed by atoms with Gasteiger partial charge in [0.2, 0.25) is 0 Å². The van der Waals surface area contributed by atoms with Gasteiger partial charge in [-0.15, -0.1) is 0 Å². The zero-order valence-electron chi connectivity index (χ0n) is 16.5. The molecule has 1 aliphatic carbocycles. The Morgan fingerprint density at radius 1 is 1.03 bits per heavy atom. The number of carbonyl (C=O) groups excluding carboxylic acids is 1. The third kappa shape index (κ3) is 3.75. The van der Waals surface area contributed by atoms with Crippen molar-refractivity contribution >= 4 is 23.2 Å². The standard InChI is InChI=1S/C25H25NO3/c1-17(23-8-4-6-20-5-2-3-7-24(20)23)26(25(28)29)22-14-13-21(15-22)19-11-9-18(16-27)10-12-19/h2-12,16-17,21-22H,13-15H2,1H3,(H,28,29)/t17-,21-,22+/m1/s1. The summed E-state index contributed by atoms with van der Waals surface area (Å²) < 4.78 is 0. The summed E-state index contributed by atoms with van der Waals surface area (Å²) in [5, 5.41) is 12.3. The SMILES string of the molecule is C[C@H](c1cccc2ccccc12)N(C(=O)O)[C@H]1CC[C@@H](c2ccc(C=O)cc2)C1. The van der Waals surface area contributed by atoms with Crippen LogP contribution >= 0.6 is 0 Å². The molecule has 3 aromatic rings. The summed E-state index contributed by atoms with van der Waals surface area (Å²) in [6.45, 7) is 1.99. The lowest BCUT2D eigenvalue weighted by Gasteiger charge is -2.33. The molecule has 1 saturated carbocycles. The molecule has 3 atom stereocenters. The summed E-state index contributed by atoms with van der Waals surface area (Å²) >= 11 is 0. The van der Waals surface area contributed by atoms with Gasteiger partial charge in [0.25, 0.3) is 0 Å². The highest BCUT2D eigenvalue weighted by molar-refractivity contribution is 5.86. The summed E-state index contributed by atoms with van der Waals surface area (Å²) in [5.74, 6) is 0.322. The number of fused-ring (bicyclic) bond motifs is 1. The molecule has 4 rings (SSSR count). The molecule has 0 saturated heterocycles. The zero-order valence-corrected chi connectivity index (χ0v) is 16.5. The van der Waals surface area contributed by atoms with Crippen LogP contribution in [0.2, 0.25) is 0 Å². The van der Waals surface area contributed by atoms with Gasteiger partial charge in [-0.05, 0) is 54.0 Å². The number of hydrogen-bond acceptors (Lipinski definition) is 2. The largest absolute Gasteiger partial charge is 0.465 e. The van der Waals surface area contributed by atoms with Gasteiger partial charge in [-0.1, -0.05) is 66.7 Å². The second kappa shape index (κ2) is 8.08. The van der Waals surface area contributed by atoms with Crippen LogP contribution < -0.4 is 0 Å². The van der Waals surface area contributed by atoms with Gasteiger partial charge in [-0.3, -0.25) is 9.69 Å². The van der Waals surface area contributed by atoms with Gasteiger partial charge in [0.1, 0.15) is 6.29 Å². The van der Waals surface area contributed by atoms with Gasteiger partial charge < -0.3 is 5.11 Å². The lowest BCUT2D eigenvalue weighted by molar-refractivity contribution is 0.103. The van der Waals surface area contributed by atoms with Crippen LogP contribution in [0, 0.1) is 0 Å². The number of nitrogens with zero attached hydrogens (tertiary/aromatic N) is 1. The van der Waals surface area contributed by atoms with Crippen molar-refractivity contribution in [2.75, 3.05) is 0 Å². The Labute approximate surface area is 170 Å². The number of aldehydes is 1. The van der Waals surface area contributed by atoms with Crippen molar-refractivity contribution in [2.24, 2.45) is 0 Å². The zero-order chi connectivity index (χ0) is 20.4. The van der Waals surface area contributed by atoms with Crippen LogP contribution in [0.15, 0.2) is 66.7 Å². The summed E-state index contributed by atoms with van der Waals surface area (Å²) in [5.41, 5.74) is 2.89. The Balaban J connectivity index is 1.59. The molecule has 4 heteroatoms. The predicted octanol–water partition coefficient (Wildman–Crippen LogP) is 6.03. The van der Waals surface area contributed by atoms with Gasteiger partial charge in [0.05, 0.1) is 6.04 Å². The van der Waals surface area contributed by atoms with Crippen LogP contribution in [0.3, 0.4) is 0 Å². The Morgan fingerprint density at radius 2 is 1.76 bits per heavy atom. The molecule has 0 aliphatic heterocycles. The molecule has 1 aliphatic rings. The molecule has 4 nitrogen and oxygen atoms in total. The first-order chi connectivity index (χ1) is 14.1. The third-order valence-electron chi connectivity index (χ3n) is 6.25. The first-order valence-corrected chi connectivity index (χ1v) is 10.1. The van der Waals surface area contributed by atoms with E-state index in [-0.39, 0.29) is 12.1 Å². The van der Waals surface area contributed by atoms with Crippen molar-refractivity contribution in [1.29, 1.82) is 0 Å². The Hall–Kier alpha value is -3.14. The molecule has 1 fully saturated rings. The summed E-state index contributed by atoms with van der Waals surface area (Å²) in [4.78, 5) is 24.8. The molecule has 148 valence electrons. The molecule has 0 heterocycles. The highest BCUT2D eigenvalue weighted by Crippen LogP contribution is 2.40. The first-order valence-electron chi connectivity index (χ1n) is 10.1. The van der Waals surface area contributed by atoms with Crippen LogP contribution in [-0.2, 0) is 0 Å². The van der Waals surface area contributed by atoms with E-state index >= 15 is 0 Å². The van der Waals surface area contributed by atoms with Gasteiger partial charge in [0, 0.05) is 11.6 Å². The minimum atomic E-state index is -0.868. The van der Waals surface area contributed by atoms with Crippen molar-refractivity contribution in [1.82, 2.24) is 4.90 Å². The minimum absolute atomic E-state index is 0.0165. The molecule has 0 bridgehead atoms. The lowest BCUT2D eigenvalue weighted by Crippen LogP contribution is -2.40. The quantitative estimate of drug-likeness (QED) is 0.544. The Morgan fingerprint density at radius 3 is 2.48 bits per heavy atom. The second-order valence-electron chi connectivity index (χ2n) is 7.88. The van der Waals surface area contributed by atoms with Gasteiger partial charge in [-0.2, -0.15) is 0 Å². The topological polar surface area (TPSA) is 57.6 Å². The molecule has 3 aromatic carbocycles. The Kier molecular flexibility index (Phi) is 5.34. The molecule has 0 unspecified atom stereocenters. The van der Waals surface area contributed by atoms with Gasteiger partial charge >= 0.3 is 6.09 Å². The number of carboxylic acid groups (broad SMARTS) is 1. The predicted molar refractivity (Wildman–Crippen MR) is 114 cm³/mol. The van der Waals surface area contributed by atoms with Crippen molar-refractivity contribution in [3.05, 3.63) is 83.4 Å². The van der Waals surface area contributed by atoms with Crippen LogP contribution in [0.1, 0.15) is 59.6 Å².